The summed E-state index contributed by atoms with van der Waals surface area (Å²) in [6.45, 7) is 2.04. The fourth-order valence-electron chi connectivity index (χ4n) is 3.12. The Morgan fingerprint density at radius 3 is 2.61 bits per heavy atom. The zero-order chi connectivity index (χ0) is 19.5. The van der Waals surface area contributed by atoms with Crippen molar-refractivity contribution in [1.29, 1.82) is 0 Å². The molecule has 1 heterocycles. The van der Waals surface area contributed by atoms with Gasteiger partial charge < -0.3 is 4.74 Å². The van der Waals surface area contributed by atoms with E-state index in [1.807, 2.05) is 37.3 Å². The summed E-state index contributed by atoms with van der Waals surface area (Å²) in [7, 11) is 0. The zero-order valence-electron chi connectivity index (χ0n) is 15.4. The lowest BCUT2D eigenvalue weighted by molar-refractivity contribution is 0.0723. The highest BCUT2D eigenvalue weighted by atomic mass is 19.1. The molecule has 5 heteroatoms. The molecule has 0 radical (unpaired) electrons. The molecule has 0 unspecified atom stereocenters. The number of ether oxygens (including phenoxy) is 1. The first kappa shape index (κ1) is 17.9. The minimum Gasteiger partial charge on any atom is -0.404 e. The molecule has 3 aromatic carbocycles. The van der Waals surface area contributed by atoms with Gasteiger partial charge in [0.05, 0.1) is 16.9 Å². The van der Waals surface area contributed by atoms with Gasteiger partial charge in [0.25, 0.3) is 0 Å². The van der Waals surface area contributed by atoms with Crippen molar-refractivity contribution in [1.82, 2.24) is 9.78 Å². The molecule has 0 bridgehead atoms. The fourth-order valence-corrected chi connectivity index (χ4v) is 3.12. The van der Waals surface area contributed by atoms with Gasteiger partial charge in [-0.3, -0.25) is 0 Å². The third-order valence-corrected chi connectivity index (χ3v) is 4.47. The molecule has 0 saturated heterocycles. The van der Waals surface area contributed by atoms with Crippen LogP contribution < -0.4 is 4.74 Å². The molecule has 0 aliphatic heterocycles. The molecule has 0 aliphatic carbocycles. The summed E-state index contributed by atoms with van der Waals surface area (Å²) >= 11 is 0. The highest BCUT2D eigenvalue weighted by Gasteiger charge is 2.16. The van der Waals surface area contributed by atoms with E-state index in [0.717, 1.165) is 29.3 Å². The molecular formula is C23H19FN2O2. The van der Waals surface area contributed by atoms with Gasteiger partial charge in [0, 0.05) is 6.07 Å². The van der Waals surface area contributed by atoms with Crippen LogP contribution in [-0.4, -0.2) is 15.7 Å². The van der Waals surface area contributed by atoms with E-state index in [1.165, 1.54) is 16.8 Å². The summed E-state index contributed by atoms with van der Waals surface area (Å²) in [5.41, 5.74) is 1.74. The van der Waals surface area contributed by atoms with Crippen LogP contribution >= 0.6 is 0 Å². The number of fused-ring (bicyclic) bond motifs is 1. The molecule has 0 aliphatic rings. The highest BCUT2D eigenvalue weighted by Crippen LogP contribution is 2.23. The van der Waals surface area contributed by atoms with Gasteiger partial charge in [-0.2, -0.15) is 5.10 Å². The van der Waals surface area contributed by atoms with Crippen LogP contribution in [0.4, 0.5) is 4.39 Å². The van der Waals surface area contributed by atoms with Gasteiger partial charge in [-0.15, -0.1) is 0 Å². The lowest BCUT2D eigenvalue weighted by Crippen LogP contribution is -2.11. The topological polar surface area (TPSA) is 44.1 Å². The van der Waals surface area contributed by atoms with E-state index >= 15 is 0 Å². The van der Waals surface area contributed by atoms with Gasteiger partial charge in [-0.25, -0.2) is 13.9 Å². The summed E-state index contributed by atoms with van der Waals surface area (Å²) in [5, 5.41) is 6.49. The van der Waals surface area contributed by atoms with Crippen LogP contribution in [0.1, 0.15) is 29.4 Å². The Hall–Kier alpha value is -3.47. The first-order valence-electron chi connectivity index (χ1n) is 9.20. The summed E-state index contributed by atoms with van der Waals surface area (Å²) in [4.78, 5) is 12.7. The number of esters is 1. The van der Waals surface area contributed by atoms with E-state index < -0.39 is 5.97 Å². The number of hydrogen-bond donors (Lipinski definition) is 0. The van der Waals surface area contributed by atoms with Gasteiger partial charge in [-0.05, 0) is 47.5 Å². The van der Waals surface area contributed by atoms with Crippen LogP contribution in [-0.2, 0) is 6.42 Å². The van der Waals surface area contributed by atoms with Crippen molar-refractivity contribution in [3.63, 3.8) is 0 Å². The lowest BCUT2D eigenvalue weighted by Gasteiger charge is -2.08. The molecule has 0 amide bonds. The van der Waals surface area contributed by atoms with E-state index in [4.69, 9.17) is 4.74 Å². The molecule has 0 spiro atoms. The van der Waals surface area contributed by atoms with E-state index in [2.05, 4.69) is 5.10 Å². The number of nitrogens with zero attached hydrogens (tertiary/aromatic N) is 2. The first-order valence-corrected chi connectivity index (χ1v) is 9.20. The molecule has 4 nitrogen and oxygen atoms in total. The smallest absolute Gasteiger partial charge is 0.344 e. The van der Waals surface area contributed by atoms with Crippen LogP contribution in [0.2, 0.25) is 0 Å². The van der Waals surface area contributed by atoms with Crippen molar-refractivity contribution in [3.05, 3.63) is 89.9 Å². The Morgan fingerprint density at radius 2 is 1.82 bits per heavy atom. The van der Waals surface area contributed by atoms with Gasteiger partial charge in [0.15, 0.2) is 0 Å². The number of hydrogen-bond acceptors (Lipinski definition) is 3. The van der Waals surface area contributed by atoms with E-state index in [1.54, 1.807) is 30.3 Å². The molecule has 140 valence electrons. The van der Waals surface area contributed by atoms with Crippen LogP contribution in [0.25, 0.3) is 16.5 Å². The first-order chi connectivity index (χ1) is 13.6. The van der Waals surface area contributed by atoms with E-state index in [0.29, 0.717) is 11.3 Å². The minimum absolute atomic E-state index is 0.271. The van der Waals surface area contributed by atoms with Crippen molar-refractivity contribution in [3.8, 4) is 11.6 Å². The molecular weight excluding hydrogens is 355 g/mol. The maximum Gasteiger partial charge on any atom is 0.344 e. The molecule has 4 rings (SSSR count). The Morgan fingerprint density at radius 1 is 1.00 bits per heavy atom. The number of halogens is 1. The van der Waals surface area contributed by atoms with Crippen molar-refractivity contribution in [2.75, 3.05) is 0 Å². The average molecular weight is 374 g/mol. The van der Waals surface area contributed by atoms with Crippen LogP contribution in [0.3, 0.4) is 0 Å². The predicted molar refractivity (Wildman–Crippen MR) is 106 cm³/mol. The molecule has 0 fully saturated rings. The number of benzene rings is 3. The monoisotopic (exact) mass is 374 g/mol. The Balaban J connectivity index is 1.68. The Labute approximate surface area is 162 Å². The van der Waals surface area contributed by atoms with Crippen LogP contribution in [0.5, 0.6) is 5.88 Å². The molecule has 1 aromatic heterocycles. The van der Waals surface area contributed by atoms with Gasteiger partial charge in [0.2, 0.25) is 5.88 Å². The number of carbonyl (C=O) groups excluding carboxylic acids is 1. The standard InChI is InChI=1S/C23H19FN2O2/c1-2-6-20-15-22(26(25-20)21-10-5-9-19(24)14-21)28-23(27)18-12-11-16-7-3-4-8-17(16)13-18/h3-5,7-15H,2,6H2,1H3. The molecule has 0 atom stereocenters. The summed E-state index contributed by atoms with van der Waals surface area (Å²) in [5.74, 6) is -0.588. The SMILES string of the molecule is CCCc1cc(OC(=O)c2ccc3ccccc3c2)n(-c2cccc(F)c2)n1. The maximum atomic E-state index is 13.7. The van der Waals surface area contributed by atoms with Gasteiger partial charge in [0.1, 0.15) is 5.82 Å². The van der Waals surface area contributed by atoms with E-state index in [-0.39, 0.29) is 11.7 Å². The number of rotatable bonds is 5. The third-order valence-electron chi connectivity index (χ3n) is 4.47. The third kappa shape index (κ3) is 3.64. The molecule has 0 N–H and O–H groups in total. The fraction of sp³-hybridized carbons (Fsp3) is 0.130. The second-order valence-corrected chi connectivity index (χ2v) is 6.57. The molecule has 28 heavy (non-hydrogen) atoms. The van der Waals surface area contributed by atoms with Gasteiger partial charge >= 0.3 is 5.97 Å². The van der Waals surface area contributed by atoms with Gasteiger partial charge in [-0.1, -0.05) is 49.7 Å². The quantitative estimate of drug-likeness (QED) is 0.443. The Kier molecular flexibility index (Phi) is 4.89. The van der Waals surface area contributed by atoms with Crippen molar-refractivity contribution in [2.45, 2.75) is 19.8 Å². The number of carbonyl (C=O) groups is 1. The van der Waals surface area contributed by atoms with Crippen molar-refractivity contribution in [2.24, 2.45) is 0 Å². The number of aromatic nitrogens is 2. The van der Waals surface area contributed by atoms with Crippen molar-refractivity contribution >= 4 is 16.7 Å². The predicted octanol–water partition coefficient (Wildman–Crippen LogP) is 5.34. The van der Waals surface area contributed by atoms with Crippen LogP contribution in [0.15, 0.2) is 72.8 Å². The second kappa shape index (κ2) is 7.64. The summed E-state index contributed by atoms with van der Waals surface area (Å²) < 4.78 is 20.8. The molecule has 4 aromatic rings. The van der Waals surface area contributed by atoms with Crippen molar-refractivity contribution < 1.29 is 13.9 Å². The Bertz CT molecular complexity index is 1150. The largest absolute Gasteiger partial charge is 0.404 e. The average Bonchev–Trinajstić information content (AvgIpc) is 3.10. The molecule has 0 saturated carbocycles. The highest BCUT2D eigenvalue weighted by molar-refractivity contribution is 5.96. The summed E-state index contributed by atoms with van der Waals surface area (Å²) in [6.07, 6.45) is 1.64. The normalized spacial score (nSPS) is 10.9. The van der Waals surface area contributed by atoms with E-state index in [9.17, 15) is 9.18 Å². The minimum atomic E-state index is -0.480. The van der Waals surface area contributed by atoms with Crippen LogP contribution in [0, 0.1) is 5.82 Å². The second-order valence-electron chi connectivity index (χ2n) is 6.57. The summed E-state index contributed by atoms with van der Waals surface area (Å²) in [6, 6.07) is 21.0. The number of aryl methyl sites for hydroxylation is 1. The lowest BCUT2D eigenvalue weighted by atomic mass is 10.1. The zero-order valence-corrected chi connectivity index (χ0v) is 15.4. The maximum absolute atomic E-state index is 13.7.